The number of hydrogen-bond acceptors (Lipinski definition) is 5. The molecule has 4 nitrogen and oxygen atoms in total. The van der Waals surface area contributed by atoms with E-state index >= 15 is 0 Å². The van der Waals surface area contributed by atoms with Crippen molar-refractivity contribution < 1.29 is 4.42 Å². The molecule has 2 aromatic heterocycles. The molecule has 0 aromatic carbocycles. The van der Waals surface area contributed by atoms with Crippen LogP contribution in [-0.2, 0) is 6.54 Å². The highest BCUT2D eigenvalue weighted by Crippen LogP contribution is 2.24. The second kappa shape index (κ2) is 6.52. The Balaban J connectivity index is 0.00000133. The van der Waals surface area contributed by atoms with Crippen LogP contribution in [0.15, 0.2) is 28.2 Å². The van der Waals surface area contributed by atoms with Gasteiger partial charge in [0.1, 0.15) is 0 Å². The maximum atomic E-state index is 5.36. The number of hydrogen-bond donors (Lipinski definition) is 1. The lowest BCUT2D eigenvalue weighted by atomic mass is 10.2. The average Bonchev–Trinajstić information content (AvgIpc) is 2.98. The summed E-state index contributed by atoms with van der Waals surface area (Å²) in [5.41, 5.74) is 1.14. The first-order valence-electron chi connectivity index (χ1n) is 6.25. The van der Waals surface area contributed by atoms with E-state index in [1.165, 1.54) is 0 Å². The minimum Gasteiger partial charge on any atom is -0.462 e. The fourth-order valence-electron chi connectivity index (χ4n) is 2.28. The maximum Gasteiger partial charge on any atom is 0.162 e. The second-order valence-corrected chi connectivity index (χ2v) is 5.57. The molecular formula is C13H18ClN3OS. The standard InChI is InChI=1S/C13H17N3OS.ClH/c1-10-7-16(5-4-14-10)8-11-9-18-13(15-11)12-3-2-6-17-12;/h2-3,6,9-10,14H,4-5,7-8H2,1H3;1H/t10-;/m1./s1. The van der Waals surface area contributed by atoms with Crippen molar-refractivity contribution in [2.75, 3.05) is 19.6 Å². The molecule has 6 heteroatoms. The van der Waals surface area contributed by atoms with Crippen LogP contribution in [-0.4, -0.2) is 35.6 Å². The normalized spacial score (nSPS) is 20.2. The van der Waals surface area contributed by atoms with Crippen LogP contribution in [0.2, 0.25) is 0 Å². The highest BCUT2D eigenvalue weighted by Gasteiger charge is 2.17. The van der Waals surface area contributed by atoms with Crippen LogP contribution in [0.25, 0.3) is 10.8 Å². The van der Waals surface area contributed by atoms with E-state index in [-0.39, 0.29) is 12.4 Å². The molecule has 0 bridgehead atoms. The molecule has 0 radical (unpaired) electrons. The molecule has 0 unspecified atom stereocenters. The molecule has 1 fully saturated rings. The summed E-state index contributed by atoms with van der Waals surface area (Å²) in [6.45, 7) is 6.41. The van der Waals surface area contributed by atoms with Crippen molar-refractivity contribution in [2.45, 2.75) is 19.5 Å². The number of halogens is 1. The van der Waals surface area contributed by atoms with Gasteiger partial charge in [-0.15, -0.1) is 23.7 Å². The number of thiazole rings is 1. The van der Waals surface area contributed by atoms with Crippen LogP contribution in [0.4, 0.5) is 0 Å². The van der Waals surface area contributed by atoms with Gasteiger partial charge in [-0.3, -0.25) is 4.90 Å². The van der Waals surface area contributed by atoms with Crippen LogP contribution < -0.4 is 5.32 Å². The average molecular weight is 300 g/mol. The van der Waals surface area contributed by atoms with E-state index in [4.69, 9.17) is 4.42 Å². The highest BCUT2D eigenvalue weighted by atomic mass is 35.5. The van der Waals surface area contributed by atoms with Crippen molar-refractivity contribution in [3.8, 4) is 10.8 Å². The summed E-state index contributed by atoms with van der Waals surface area (Å²) in [5, 5.41) is 6.55. The molecule has 0 saturated carbocycles. The maximum absolute atomic E-state index is 5.36. The summed E-state index contributed by atoms with van der Waals surface area (Å²) in [7, 11) is 0. The van der Waals surface area contributed by atoms with Crippen molar-refractivity contribution >= 4 is 23.7 Å². The van der Waals surface area contributed by atoms with Crippen LogP contribution >= 0.6 is 23.7 Å². The van der Waals surface area contributed by atoms with Gasteiger partial charge in [0.05, 0.1) is 12.0 Å². The Labute approximate surface area is 123 Å². The number of rotatable bonds is 3. The molecule has 0 spiro atoms. The van der Waals surface area contributed by atoms with Crippen molar-refractivity contribution in [3.63, 3.8) is 0 Å². The minimum atomic E-state index is 0. The second-order valence-electron chi connectivity index (χ2n) is 4.71. The van der Waals surface area contributed by atoms with Gasteiger partial charge < -0.3 is 9.73 Å². The number of nitrogens with one attached hydrogen (secondary N) is 1. The molecule has 1 N–H and O–H groups in total. The van der Waals surface area contributed by atoms with E-state index in [2.05, 4.69) is 27.5 Å². The Hall–Kier alpha value is -0.880. The van der Waals surface area contributed by atoms with Gasteiger partial charge in [-0.05, 0) is 19.1 Å². The first-order chi connectivity index (χ1) is 8.81. The first-order valence-corrected chi connectivity index (χ1v) is 7.13. The van der Waals surface area contributed by atoms with Gasteiger partial charge in [0.2, 0.25) is 0 Å². The monoisotopic (exact) mass is 299 g/mol. The Kier molecular flexibility index (Phi) is 4.99. The third-order valence-electron chi connectivity index (χ3n) is 3.12. The van der Waals surface area contributed by atoms with Crippen molar-refractivity contribution in [3.05, 3.63) is 29.5 Å². The predicted octanol–water partition coefficient (Wildman–Crippen LogP) is 2.62. The van der Waals surface area contributed by atoms with Gasteiger partial charge >= 0.3 is 0 Å². The van der Waals surface area contributed by atoms with Gasteiger partial charge in [-0.25, -0.2) is 4.98 Å². The molecule has 0 amide bonds. The largest absolute Gasteiger partial charge is 0.462 e. The quantitative estimate of drug-likeness (QED) is 0.946. The van der Waals surface area contributed by atoms with Gasteiger partial charge in [-0.1, -0.05) is 0 Å². The number of furan rings is 1. The van der Waals surface area contributed by atoms with Gasteiger partial charge in [0.25, 0.3) is 0 Å². The molecule has 3 heterocycles. The zero-order valence-corrected chi connectivity index (χ0v) is 12.5. The topological polar surface area (TPSA) is 41.3 Å². The fraction of sp³-hybridized carbons (Fsp3) is 0.462. The molecule has 1 aliphatic heterocycles. The van der Waals surface area contributed by atoms with E-state index in [9.17, 15) is 0 Å². The summed E-state index contributed by atoms with van der Waals surface area (Å²) >= 11 is 1.65. The van der Waals surface area contributed by atoms with Gasteiger partial charge in [-0.2, -0.15) is 0 Å². The summed E-state index contributed by atoms with van der Waals surface area (Å²) in [4.78, 5) is 7.08. The predicted molar refractivity (Wildman–Crippen MR) is 79.8 cm³/mol. The summed E-state index contributed by atoms with van der Waals surface area (Å²) in [5.74, 6) is 0.861. The van der Waals surface area contributed by atoms with Crippen LogP contribution in [0.5, 0.6) is 0 Å². The van der Waals surface area contributed by atoms with E-state index < -0.39 is 0 Å². The van der Waals surface area contributed by atoms with E-state index in [0.29, 0.717) is 6.04 Å². The van der Waals surface area contributed by atoms with E-state index in [1.807, 2.05) is 12.1 Å². The van der Waals surface area contributed by atoms with Crippen LogP contribution in [0.3, 0.4) is 0 Å². The van der Waals surface area contributed by atoms with Crippen LogP contribution in [0, 0.1) is 0 Å². The first kappa shape index (κ1) is 14.5. The number of aromatic nitrogens is 1. The molecule has 2 aromatic rings. The van der Waals surface area contributed by atoms with Crippen LogP contribution in [0.1, 0.15) is 12.6 Å². The van der Waals surface area contributed by atoms with Crippen molar-refractivity contribution in [2.24, 2.45) is 0 Å². The Morgan fingerprint density at radius 3 is 3.21 bits per heavy atom. The Morgan fingerprint density at radius 2 is 2.47 bits per heavy atom. The molecular weight excluding hydrogens is 282 g/mol. The Morgan fingerprint density at radius 1 is 1.58 bits per heavy atom. The summed E-state index contributed by atoms with van der Waals surface area (Å²) in [6, 6.07) is 4.42. The lowest BCUT2D eigenvalue weighted by molar-refractivity contribution is 0.198. The minimum absolute atomic E-state index is 0. The molecule has 3 rings (SSSR count). The summed E-state index contributed by atoms with van der Waals surface area (Å²) in [6.07, 6.45) is 1.69. The third kappa shape index (κ3) is 3.57. The number of nitrogens with zero attached hydrogens (tertiary/aromatic N) is 2. The van der Waals surface area contributed by atoms with Gasteiger partial charge in [0.15, 0.2) is 10.8 Å². The molecule has 1 atom stereocenters. The van der Waals surface area contributed by atoms with E-state index in [1.54, 1.807) is 17.6 Å². The molecule has 1 saturated heterocycles. The molecule has 104 valence electrons. The highest BCUT2D eigenvalue weighted by molar-refractivity contribution is 7.13. The SMILES string of the molecule is C[C@@H]1CN(Cc2csc(-c3ccco3)n2)CCN1.Cl. The summed E-state index contributed by atoms with van der Waals surface area (Å²) < 4.78 is 5.36. The Bertz CT molecular complexity index is 500. The molecule has 19 heavy (non-hydrogen) atoms. The van der Waals surface area contributed by atoms with E-state index in [0.717, 1.165) is 42.6 Å². The van der Waals surface area contributed by atoms with Crippen molar-refractivity contribution in [1.82, 2.24) is 15.2 Å². The number of piperazine rings is 1. The smallest absolute Gasteiger partial charge is 0.162 e. The zero-order chi connectivity index (χ0) is 12.4. The fourth-order valence-corrected chi connectivity index (χ4v) is 3.06. The van der Waals surface area contributed by atoms with Gasteiger partial charge in [0, 0.05) is 37.6 Å². The zero-order valence-electron chi connectivity index (χ0n) is 10.8. The lowest BCUT2D eigenvalue weighted by Gasteiger charge is -2.31. The molecule has 1 aliphatic rings. The lowest BCUT2D eigenvalue weighted by Crippen LogP contribution is -2.48. The molecule has 0 aliphatic carbocycles. The third-order valence-corrected chi connectivity index (χ3v) is 4.03. The van der Waals surface area contributed by atoms with Crippen molar-refractivity contribution in [1.29, 1.82) is 0 Å².